The Kier molecular flexibility index (Phi) is 15.1. The van der Waals surface area contributed by atoms with E-state index in [0.29, 0.717) is 0 Å². The maximum absolute atomic E-state index is 12.2. The molecule has 2 nitrogen and oxygen atoms in total. The molecule has 0 heterocycles. The fraction of sp³-hybridized carbons (Fsp3) is 0.270. The van der Waals surface area contributed by atoms with Gasteiger partial charge in [0.25, 0.3) is 0 Å². The van der Waals surface area contributed by atoms with E-state index in [0.717, 1.165) is 16.7 Å². The minimum atomic E-state index is -0.329. The minimum absolute atomic E-state index is 0. The van der Waals surface area contributed by atoms with Crippen LogP contribution in [0.2, 0.25) is 0 Å². The van der Waals surface area contributed by atoms with Crippen LogP contribution in [0.1, 0.15) is 65.0 Å². The van der Waals surface area contributed by atoms with Gasteiger partial charge in [0.15, 0.2) is 0 Å². The van der Waals surface area contributed by atoms with Gasteiger partial charge in [-0.2, -0.15) is 0 Å². The molecule has 0 saturated heterocycles. The molecule has 3 heteroatoms. The zero-order chi connectivity index (χ0) is 28.1. The van der Waals surface area contributed by atoms with Crippen LogP contribution in [-0.2, 0) is 33.2 Å². The van der Waals surface area contributed by atoms with Crippen molar-refractivity contribution in [3.8, 4) is 0 Å². The van der Waals surface area contributed by atoms with Crippen molar-refractivity contribution in [2.24, 2.45) is 5.41 Å². The Morgan fingerprint density at radius 3 is 2.12 bits per heavy atom. The van der Waals surface area contributed by atoms with E-state index in [-0.39, 0.29) is 35.1 Å². The zero-order valence-electron chi connectivity index (χ0n) is 24.5. The number of carbonyl (C=O) groups is 1. The smallest absolute Gasteiger partial charge is 0.458 e. The summed E-state index contributed by atoms with van der Waals surface area (Å²) in [5.41, 5.74) is 7.40. The summed E-state index contributed by atoms with van der Waals surface area (Å²) in [4.78, 5) is 12.2. The van der Waals surface area contributed by atoms with Crippen molar-refractivity contribution >= 4 is 5.97 Å². The molecule has 0 unspecified atom stereocenters. The first-order valence-corrected chi connectivity index (χ1v) is 13.8. The van der Waals surface area contributed by atoms with Crippen LogP contribution in [0.5, 0.6) is 0 Å². The number of hydrogen-bond acceptors (Lipinski definition) is 2. The van der Waals surface area contributed by atoms with Gasteiger partial charge in [-0.3, -0.25) is 0 Å². The van der Waals surface area contributed by atoms with Crippen LogP contribution in [0.25, 0.3) is 0 Å². The summed E-state index contributed by atoms with van der Waals surface area (Å²) in [6, 6.07) is 8.11. The number of hydrogen-bond donors (Lipinski definition) is 0. The molecule has 1 aromatic rings. The first kappa shape index (κ1) is 34.1. The Morgan fingerprint density at radius 1 is 0.900 bits per heavy atom. The van der Waals surface area contributed by atoms with Crippen molar-refractivity contribution < 1.29 is 26.6 Å². The fourth-order valence-electron chi connectivity index (χ4n) is 4.74. The van der Waals surface area contributed by atoms with E-state index in [1.165, 1.54) is 48.0 Å². The molecular formula is C37H42FeO2+2. The predicted octanol–water partition coefficient (Wildman–Crippen LogP) is 9.03. The number of ether oxygens (including phenoxy) is 1. The molecule has 0 bridgehead atoms. The second-order valence-electron chi connectivity index (χ2n) is 10.9. The van der Waals surface area contributed by atoms with Crippen molar-refractivity contribution in [3.05, 3.63) is 158 Å². The maximum atomic E-state index is 12.2. The molecule has 0 aliphatic heterocycles. The van der Waals surface area contributed by atoms with Gasteiger partial charge in [-0.05, 0) is 126 Å². The third kappa shape index (κ3) is 11.8. The molecule has 2 fully saturated rings. The number of allylic oxidation sites excluding steroid dienone is 9. The fourth-order valence-corrected chi connectivity index (χ4v) is 4.74. The van der Waals surface area contributed by atoms with Gasteiger partial charge in [0.05, 0.1) is 0 Å². The summed E-state index contributed by atoms with van der Waals surface area (Å²) in [6.07, 6.45) is 33.9. The van der Waals surface area contributed by atoms with Crippen molar-refractivity contribution in [1.82, 2.24) is 0 Å². The van der Waals surface area contributed by atoms with E-state index in [1.807, 2.05) is 76.2 Å². The minimum Gasteiger partial charge on any atom is -0.458 e. The Balaban J connectivity index is 0.000000840. The van der Waals surface area contributed by atoms with E-state index >= 15 is 0 Å². The van der Waals surface area contributed by atoms with Crippen molar-refractivity contribution in [3.63, 3.8) is 0 Å². The molecule has 10 radical (unpaired) electrons. The second kappa shape index (κ2) is 17.7. The third-order valence-corrected chi connectivity index (χ3v) is 7.01. The molecule has 2 saturated carbocycles. The van der Waals surface area contributed by atoms with E-state index in [1.54, 1.807) is 0 Å². The van der Waals surface area contributed by atoms with Crippen molar-refractivity contribution in [1.29, 1.82) is 0 Å². The number of esters is 1. The summed E-state index contributed by atoms with van der Waals surface area (Å²) in [5.74, 6) is 0.864. The first-order chi connectivity index (χ1) is 18.7. The standard InChI is InChI=1S/C32H37O2.C5H5.Fe/c1-24(15-20-30-26(3)12-9-21-32(30,4)5)10-8-11-25(2)22-31(33)34-23-27-16-18-29(19-17-27)28-13-6-7-14-28;1-2-4-5-3-1;/h6-8,10-11,13-20,22H,9,12,21,23H2,1-5H3;1-5H;/q;;+2/b11-8+,20-15+,24-10+,25-22+;;. The largest absolute Gasteiger partial charge is 2.00 e. The molecular weight excluding hydrogens is 532 g/mol. The SMILES string of the molecule is CC1=C(/C=C/C(C)=C/C=C/C(C)=C/C(=O)OCc2ccc([C]3[CH][CH][CH][CH]3)cc2)C(C)(C)CCC1.[CH]1[CH][CH][CH][CH]1.[Fe+2]. The summed E-state index contributed by atoms with van der Waals surface area (Å²) < 4.78 is 5.41. The Bertz CT molecular complexity index is 1060. The van der Waals surface area contributed by atoms with E-state index < -0.39 is 0 Å². The molecule has 0 atom stereocenters. The second-order valence-corrected chi connectivity index (χ2v) is 10.9. The van der Waals surface area contributed by atoms with Gasteiger partial charge in [-0.15, -0.1) is 0 Å². The van der Waals surface area contributed by atoms with Gasteiger partial charge in [-0.25, -0.2) is 4.79 Å². The zero-order valence-corrected chi connectivity index (χ0v) is 25.6. The molecule has 3 aliphatic carbocycles. The van der Waals surface area contributed by atoms with Gasteiger partial charge >= 0.3 is 23.0 Å². The molecule has 0 aromatic heterocycles. The van der Waals surface area contributed by atoms with Gasteiger partial charge < -0.3 is 4.74 Å². The summed E-state index contributed by atoms with van der Waals surface area (Å²) in [5, 5.41) is 0. The Morgan fingerprint density at radius 2 is 1.52 bits per heavy atom. The van der Waals surface area contributed by atoms with Crippen molar-refractivity contribution in [2.45, 2.75) is 60.5 Å². The molecule has 40 heavy (non-hydrogen) atoms. The van der Waals surface area contributed by atoms with Crippen molar-refractivity contribution in [2.75, 3.05) is 0 Å². The normalized spacial score (nSPS) is 20.0. The summed E-state index contributed by atoms with van der Waals surface area (Å²) in [7, 11) is 0. The molecule has 208 valence electrons. The summed E-state index contributed by atoms with van der Waals surface area (Å²) in [6.45, 7) is 11.2. The maximum Gasteiger partial charge on any atom is 2.00 e. The number of rotatable bonds is 8. The predicted molar refractivity (Wildman–Crippen MR) is 163 cm³/mol. The molecule has 0 N–H and O–H groups in total. The van der Waals surface area contributed by atoms with E-state index in [4.69, 9.17) is 4.74 Å². The van der Waals surface area contributed by atoms with Crippen LogP contribution in [0.15, 0.2) is 83.0 Å². The average Bonchev–Trinajstić information content (AvgIpc) is 3.65. The van der Waals surface area contributed by atoms with Gasteiger partial charge in [0, 0.05) is 12.0 Å². The van der Waals surface area contributed by atoms with Crippen LogP contribution < -0.4 is 0 Å². The molecule has 1 aromatic carbocycles. The molecule has 4 rings (SSSR count). The molecule has 0 amide bonds. The van der Waals surface area contributed by atoms with Crippen LogP contribution in [-0.4, -0.2) is 5.97 Å². The summed E-state index contributed by atoms with van der Waals surface area (Å²) >= 11 is 0. The van der Waals surface area contributed by atoms with Crippen LogP contribution in [0.3, 0.4) is 0 Å². The van der Waals surface area contributed by atoms with Gasteiger partial charge in [0.1, 0.15) is 6.61 Å². The van der Waals surface area contributed by atoms with Crippen LogP contribution in [0.4, 0.5) is 0 Å². The Hall–Kier alpha value is -2.09. The first-order valence-electron chi connectivity index (χ1n) is 13.8. The molecule has 3 aliphatic rings. The number of benzene rings is 1. The average molecular weight is 575 g/mol. The van der Waals surface area contributed by atoms with Crippen LogP contribution >= 0.6 is 0 Å². The van der Waals surface area contributed by atoms with Gasteiger partial charge in [-0.1, -0.05) is 79.6 Å². The molecule has 0 spiro atoms. The number of carbonyl (C=O) groups excluding carboxylic acids is 1. The van der Waals surface area contributed by atoms with E-state index in [2.05, 4.69) is 70.9 Å². The van der Waals surface area contributed by atoms with Crippen LogP contribution in [0, 0.1) is 69.1 Å². The quantitative estimate of drug-likeness (QED) is 0.134. The topological polar surface area (TPSA) is 26.3 Å². The van der Waals surface area contributed by atoms with Gasteiger partial charge in [0.2, 0.25) is 0 Å². The van der Waals surface area contributed by atoms with E-state index in [9.17, 15) is 4.79 Å². The third-order valence-electron chi connectivity index (χ3n) is 7.01. The Labute approximate surface area is 255 Å². The monoisotopic (exact) mass is 574 g/mol.